The molecular formula is C15H22BrNO3S. The van der Waals surface area contributed by atoms with Crippen LogP contribution in [0.5, 0.6) is 5.75 Å². The third kappa shape index (κ3) is 3.99. The number of benzene rings is 1. The number of nitrogens with zero attached hydrogens (tertiary/aromatic N) is 1. The molecule has 21 heavy (non-hydrogen) atoms. The molecule has 1 aromatic rings. The molecule has 0 bridgehead atoms. The van der Waals surface area contributed by atoms with E-state index in [0.29, 0.717) is 18.2 Å². The highest BCUT2D eigenvalue weighted by Gasteiger charge is 2.39. The van der Waals surface area contributed by atoms with Crippen molar-refractivity contribution in [2.45, 2.75) is 44.0 Å². The second-order valence-electron chi connectivity index (χ2n) is 5.82. The molecule has 1 aromatic carbocycles. The van der Waals surface area contributed by atoms with E-state index in [-0.39, 0.29) is 10.9 Å². The van der Waals surface area contributed by atoms with Crippen LogP contribution >= 0.6 is 15.9 Å². The minimum atomic E-state index is -3.52. The Balaban J connectivity index is 2.36. The summed E-state index contributed by atoms with van der Waals surface area (Å²) < 4.78 is 33.6. The van der Waals surface area contributed by atoms with Gasteiger partial charge in [-0.15, -0.1) is 0 Å². The van der Waals surface area contributed by atoms with Crippen LogP contribution < -0.4 is 4.74 Å². The second kappa shape index (κ2) is 6.67. The van der Waals surface area contributed by atoms with E-state index in [0.717, 1.165) is 23.7 Å². The maximum Gasteiger partial charge on any atom is 0.247 e. The maximum absolute atomic E-state index is 13.0. The SMILES string of the molecule is COc1ccc(Br)cc1S(=O)(=O)N(CCC(C)C)C1CC1. The van der Waals surface area contributed by atoms with Crippen LogP contribution in [0.25, 0.3) is 0 Å². The molecule has 0 heterocycles. The van der Waals surface area contributed by atoms with E-state index in [1.54, 1.807) is 22.5 Å². The molecule has 1 saturated carbocycles. The highest BCUT2D eigenvalue weighted by Crippen LogP contribution is 2.36. The predicted octanol–water partition coefficient (Wildman–Crippen LogP) is 3.66. The minimum Gasteiger partial charge on any atom is -0.495 e. The lowest BCUT2D eigenvalue weighted by atomic mass is 10.1. The monoisotopic (exact) mass is 375 g/mol. The molecule has 118 valence electrons. The van der Waals surface area contributed by atoms with E-state index in [1.165, 1.54) is 7.11 Å². The molecule has 0 unspecified atom stereocenters. The average Bonchev–Trinajstić information content (AvgIpc) is 3.23. The molecule has 1 fully saturated rings. The number of hydrogen-bond acceptors (Lipinski definition) is 3. The van der Waals surface area contributed by atoms with E-state index >= 15 is 0 Å². The standard InChI is InChI=1S/C15H22BrNO3S/c1-11(2)8-9-17(13-5-6-13)21(18,19)15-10-12(16)4-7-14(15)20-3/h4,7,10-11,13H,5-6,8-9H2,1-3H3. The van der Waals surface area contributed by atoms with Gasteiger partial charge in [-0.3, -0.25) is 0 Å². The van der Waals surface area contributed by atoms with Crippen molar-refractivity contribution in [3.63, 3.8) is 0 Å². The zero-order valence-electron chi connectivity index (χ0n) is 12.7. The van der Waals surface area contributed by atoms with Gasteiger partial charge in [0.15, 0.2) is 0 Å². The van der Waals surface area contributed by atoms with Crippen molar-refractivity contribution in [2.75, 3.05) is 13.7 Å². The molecule has 0 amide bonds. The third-order valence-electron chi connectivity index (χ3n) is 3.59. The summed E-state index contributed by atoms with van der Waals surface area (Å²) in [7, 11) is -2.02. The zero-order chi connectivity index (χ0) is 15.6. The first-order chi connectivity index (χ1) is 9.86. The van der Waals surface area contributed by atoms with Crippen molar-refractivity contribution in [1.82, 2.24) is 4.31 Å². The first-order valence-corrected chi connectivity index (χ1v) is 9.45. The number of ether oxygens (including phenoxy) is 1. The van der Waals surface area contributed by atoms with E-state index in [1.807, 2.05) is 0 Å². The molecule has 1 aliphatic carbocycles. The van der Waals surface area contributed by atoms with Gasteiger partial charge in [-0.05, 0) is 43.4 Å². The van der Waals surface area contributed by atoms with Gasteiger partial charge in [-0.25, -0.2) is 8.42 Å². The number of sulfonamides is 1. The van der Waals surface area contributed by atoms with Crippen molar-refractivity contribution in [1.29, 1.82) is 0 Å². The molecule has 0 aliphatic heterocycles. The van der Waals surface area contributed by atoms with E-state index in [2.05, 4.69) is 29.8 Å². The molecule has 1 aliphatic rings. The Labute approximate surface area is 135 Å². The molecule has 4 nitrogen and oxygen atoms in total. The van der Waals surface area contributed by atoms with Crippen LogP contribution in [0.15, 0.2) is 27.6 Å². The summed E-state index contributed by atoms with van der Waals surface area (Å²) in [5, 5.41) is 0. The number of methoxy groups -OCH3 is 1. The summed E-state index contributed by atoms with van der Waals surface area (Å²) in [5.74, 6) is 0.874. The van der Waals surface area contributed by atoms with Crippen LogP contribution in [0.3, 0.4) is 0 Å². The van der Waals surface area contributed by atoms with Gasteiger partial charge >= 0.3 is 0 Å². The Morgan fingerprint density at radius 1 is 1.38 bits per heavy atom. The summed E-state index contributed by atoms with van der Waals surface area (Å²) >= 11 is 3.34. The molecule has 2 rings (SSSR count). The molecule has 6 heteroatoms. The third-order valence-corrected chi connectivity index (χ3v) is 6.06. The van der Waals surface area contributed by atoms with Gasteiger partial charge in [-0.1, -0.05) is 29.8 Å². The molecule has 0 N–H and O–H groups in total. The van der Waals surface area contributed by atoms with Gasteiger partial charge in [-0.2, -0.15) is 4.31 Å². The fourth-order valence-electron chi connectivity index (χ4n) is 2.23. The summed E-state index contributed by atoms with van der Waals surface area (Å²) in [5.41, 5.74) is 0. The number of rotatable bonds is 7. The van der Waals surface area contributed by atoms with Crippen molar-refractivity contribution < 1.29 is 13.2 Å². The lowest BCUT2D eigenvalue weighted by Gasteiger charge is -2.24. The van der Waals surface area contributed by atoms with Gasteiger partial charge in [0.1, 0.15) is 10.6 Å². The average molecular weight is 376 g/mol. The van der Waals surface area contributed by atoms with Crippen LogP contribution in [0.2, 0.25) is 0 Å². The molecular weight excluding hydrogens is 354 g/mol. The predicted molar refractivity (Wildman–Crippen MR) is 87.1 cm³/mol. The highest BCUT2D eigenvalue weighted by molar-refractivity contribution is 9.10. The van der Waals surface area contributed by atoms with Crippen molar-refractivity contribution in [3.8, 4) is 5.75 Å². The summed E-state index contributed by atoms with van der Waals surface area (Å²) in [6.07, 6.45) is 2.77. The van der Waals surface area contributed by atoms with Crippen LogP contribution in [0.4, 0.5) is 0 Å². The molecule has 0 atom stereocenters. The zero-order valence-corrected chi connectivity index (χ0v) is 15.1. The molecule has 0 spiro atoms. The van der Waals surface area contributed by atoms with Gasteiger partial charge in [0.25, 0.3) is 0 Å². The number of halogens is 1. The molecule has 0 aromatic heterocycles. The van der Waals surface area contributed by atoms with Crippen molar-refractivity contribution >= 4 is 26.0 Å². The smallest absolute Gasteiger partial charge is 0.247 e. The quantitative estimate of drug-likeness (QED) is 0.730. The summed E-state index contributed by atoms with van der Waals surface area (Å²) in [6.45, 7) is 4.79. The minimum absolute atomic E-state index is 0.150. The maximum atomic E-state index is 13.0. The first kappa shape index (κ1) is 16.8. The fraction of sp³-hybridized carbons (Fsp3) is 0.600. The molecule has 0 saturated heterocycles. The van der Waals surface area contributed by atoms with E-state index < -0.39 is 10.0 Å². The first-order valence-electron chi connectivity index (χ1n) is 7.21. The van der Waals surface area contributed by atoms with Crippen molar-refractivity contribution in [3.05, 3.63) is 22.7 Å². The molecule has 0 radical (unpaired) electrons. The van der Waals surface area contributed by atoms with Gasteiger partial charge < -0.3 is 4.74 Å². The second-order valence-corrected chi connectivity index (χ2v) is 8.60. The van der Waals surface area contributed by atoms with Crippen LogP contribution in [0, 0.1) is 5.92 Å². The number of hydrogen-bond donors (Lipinski definition) is 0. The fourth-order valence-corrected chi connectivity index (χ4v) is 4.62. The summed E-state index contributed by atoms with van der Waals surface area (Å²) in [4.78, 5) is 0.245. The Hall–Kier alpha value is -0.590. The van der Waals surface area contributed by atoms with Crippen LogP contribution in [-0.4, -0.2) is 32.4 Å². The topological polar surface area (TPSA) is 46.6 Å². The van der Waals surface area contributed by atoms with Crippen LogP contribution in [-0.2, 0) is 10.0 Å². The lowest BCUT2D eigenvalue weighted by molar-refractivity contribution is 0.366. The van der Waals surface area contributed by atoms with E-state index in [9.17, 15) is 8.42 Å². The van der Waals surface area contributed by atoms with Gasteiger partial charge in [0, 0.05) is 17.1 Å². The summed E-state index contributed by atoms with van der Waals surface area (Å²) in [6, 6.07) is 5.24. The Morgan fingerprint density at radius 3 is 2.57 bits per heavy atom. The normalized spacial score (nSPS) is 15.7. The van der Waals surface area contributed by atoms with Gasteiger partial charge in [0.2, 0.25) is 10.0 Å². The Morgan fingerprint density at radius 2 is 2.05 bits per heavy atom. The van der Waals surface area contributed by atoms with E-state index in [4.69, 9.17) is 4.74 Å². The Bertz CT molecular complexity index is 597. The Kier molecular flexibility index (Phi) is 5.33. The highest BCUT2D eigenvalue weighted by atomic mass is 79.9. The lowest BCUT2D eigenvalue weighted by Crippen LogP contribution is -2.34. The van der Waals surface area contributed by atoms with Crippen LogP contribution in [0.1, 0.15) is 33.1 Å². The van der Waals surface area contributed by atoms with Gasteiger partial charge in [0.05, 0.1) is 7.11 Å². The largest absolute Gasteiger partial charge is 0.495 e. The van der Waals surface area contributed by atoms with Crippen molar-refractivity contribution in [2.24, 2.45) is 5.92 Å².